The SMILES string of the molecule is COC(=N)c1cc(C(=O)N2CCCC2c2nc(C)cs2)cc(C(=O)OC)n1. The lowest BCUT2D eigenvalue weighted by atomic mass is 10.1. The van der Waals surface area contributed by atoms with E-state index in [9.17, 15) is 9.59 Å². The number of hydrogen-bond donors (Lipinski definition) is 1. The number of aromatic nitrogens is 2. The number of rotatable bonds is 4. The average Bonchev–Trinajstić information content (AvgIpc) is 3.34. The molecule has 1 unspecified atom stereocenters. The molecule has 2 aromatic rings. The standard InChI is InChI=1S/C18H20N4O4S/c1-10-9-27-16(20-10)14-5-4-6-22(14)17(23)11-7-12(15(19)25-2)21-13(8-11)18(24)26-3/h7-9,14,19H,4-6H2,1-3H3. The Balaban J connectivity index is 1.97. The summed E-state index contributed by atoms with van der Waals surface area (Å²) in [6, 6.07) is 2.77. The van der Waals surface area contributed by atoms with Gasteiger partial charge >= 0.3 is 5.97 Å². The number of methoxy groups -OCH3 is 2. The lowest BCUT2D eigenvalue weighted by Gasteiger charge is -2.23. The maximum Gasteiger partial charge on any atom is 0.356 e. The van der Waals surface area contributed by atoms with E-state index in [1.807, 2.05) is 12.3 Å². The van der Waals surface area contributed by atoms with Crippen LogP contribution in [0, 0.1) is 12.3 Å². The first-order valence-electron chi connectivity index (χ1n) is 8.41. The van der Waals surface area contributed by atoms with E-state index in [1.54, 1.807) is 16.2 Å². The zero-order valence-corrected chi connectivity index (χ0v) is 16.1. The van der Waals surface area contributed by atoms with Crippen LogP contribution in [0.2, 0.25) is 0 Å². The molecule has 8 nitrogen and oxygen atoms in total. The third-order valence-electron chi connectivity index (χ3n) is 4.34. The second-order valence-electron chi connectivity index (χ2n) is 6.13. The number of aryl methyl sites for hydroxylation is 1. The molecule has 1 fully saturated rings. The van der Waals surface area contributed by atoms with Crippen molar-refractivity contribution in [3.05, 3.63) is 45.2 Å². The normalized spacial score (nSPS) is 16.3. The Morgan fingerprint density at radius 1 is 1.22 bits per heavy atom. The quantitative estimate of drug-likeness (QED) is 0.490. The van der Waals surface area contributed by atoms with Crippen LogP contribution in [0.15, 0.2) is 17.5 Å². The number of likely N-dealkylation sites (tertiary alicyclic amines) is 1. The summed E-state index contributed by atoms with van der Waals surface area (Å²) in [5.41, 5.74) is 1.26. The molecule has 0 aliphatic carbocycles. The Morgan fingerprint density at radius 2 is 1.96 bits per heavy atom. The Hall–Kier alpha value is -2.81. The largest absolute Gasteiger partial charge is 0.480 e. The average molecular weight is 388 g/mol. The molecule has 9 heteroatoms. The maximum absolute atomic E-state index is 13.2. The lowest BCUT2D eigenvalue weighted by molar-refractivity contribution is 0.0594. The van der Waals surface area contributed by atoms with Crippen LogP contribution < -0.4 is 0 Å². The van der Waals surface area contributed by atoms with Crippen LogP contribution in [-0.4, -0.2) is 53.4 Å². The van der Waals surface area contributed by atoms with Crippen molar-refractivity contribution in [3.63, 3.8) is 0 Å². The van der Waals surface area contributed by atoms with Crippen LogP contribution in [0.25, 0.3) is 0 Å². The molecule has 0 bridgehead atoms. The summed E-state index contributed by atoms with van der Waals surface area (Å²) in [5.74, 6) is -1.14. The van der Waals surface area contributed by atoms with E-state index in [-0.39, 0.29) is 34.8 Å². The Labute approximate surface area is 160 Å². The fourth-order valence-corrected chi connectivity index (χ4v) is 3.98. The highest BCUT2D eigenvalue weighted by molar-refractivity contribution is 7.09. The van der Waals surface area contributed by atoms with Gasteiger partial charge in [0, 0.05) is 23.2 Å². The number of nitrogens with one attached hydrogen (secondary N) is 1. The third-order valence-corrected chi connectivity index (χ3v) is 5.40. The molecule has 1 saturated heterocycles. The number of ether oxygens (including phenoxy) is 2. The summed E-state index contributed by atoms with van der Waals surface area (Å²) in [6.07, 6.45) is 1.72. The predicted molar refractivity (Wildman–Crippen MR) is 99.3 cm³/mol. The van der Waals surface area contributed by atoms with Gasteiger partial charge in [0.1, 0.15) is 16.4 Å². The van der Waals surface area contributed by atoms with E-state index < -0.39 is 5.97 Å². The molecule has 0 aromatic carbocycles. The molecule has 1 N–H and O–H groups in total. The van der Waals surface area contributed by atoms with Crippen molar-refractivity contribution >= 4 is 29.1 Å². The van der Waals surface area contributed by atoms with Crippen molar-refractivity contribution < 1.29 is 19.1 Å². The summed E-state index contributed by atoms with van der Waals surface area (Å²) in [7, 11) is 2.57. The molecule has 0 spiro atoms. The fourth-order valence-electron chi connectivity index (χ4n) is 3.04. The summed E-state index contributed by atoms with van der Waals surface area (Å²) in [6.45, 7) is 2.53. The van der Waals surface area contributed by atoms with Crippen LogP contribution in [0.4, 0.5) is 0 Å². The van der Waals surface area contributed by atoms with Crippen molar-refractivity contribution in [1.82, 2.24) is 14.9 Å². The summed E-state index contributed by atoms with van der Waals surface area (Å²) in [5, 5.41) is 10.7. The molecular weight excluding hydrogens is 368 g/mol. The smallest absolute Gasteiger partial charge is 0.356 e. The van der Waals surface area contributed by atoms with Gasteiger partial charge in [0.15, 0.2) is 0 Å². The molecule has 2 aromatic heterocycles. The van der Waals surface area contributed by atoms with Gasteiger partial charge < -0.3 is 14.4 Å². The van der Waals surface area contributed by atoms with E-state index >= 15 is 0 Å². The first-order chi connectivity index (χ1) is 12.9. The summed E-state index contributed by atoms with van der Waals surface area (Å²) >= 11 is 1.54. The van der Waals surface area contributed by atoms with Gasteiger partial charge in [-0.2, -0.15) is 0 Å². The van der Waals surface area contributed by atoms with E-state index in [1.165, 1.54) is 26.4 Å². The Bertz CT molecular complexity index is 861. The minimum absolute atomic E-state index is 0.0408. The molecule has 0 radical (unpaired) electrons. The van der Waals surface area contributed by atoms with Crippen molar-refractivity contribution in [2.75, 3.05) is 20.8 Å². The zero-order chi connectivity index (χ0) is 19.6. The van der Waals surface area contributed by atoms with Crippen LogP contribution in [0.5, 0.6) is 0 Å². The van der Waals surface area contributed by atoms with Gasteiger partial charge in [-0.05, 0) is 31.9 Å². The molecule has 1 atom stereocenters. The Morgan fingerprint density at radius 3 is 2.59 bits per heavy atom. The number of nitrogens with zero attached hydrogens (tertiary/aromatic N) is 3. The van der Waals surface area contributed by atoms with Crippen LogP contribution in [0.1, 0.15) is 56.1 Å². The molecule has 27 heavy (non-hydrogen) atoms. The number of hydrogen-bond acceptors (Lipinski definition) is 8. The lowest BCUT2D eigenvalue weighted by Crippen LogP contribution is -2.31. The second-order valence-corrected chi connectivity index (χ2v) is 7.02. The highest BCUT2D eigenvalue weighted by atomic mass is 32.1. The van der Waals surface area contributed by atoms with E-state index in [2.05, 4.69) is 9.97 Å². The number of carbonyl (C=O) groups excluding carboxylic acids is 2. The van der Waals surface area contributed by atoms with Gasteiger partial charge in [0.25, 0.3) is 5.91 Å². The fraction of sp³-hybridized carbons (Fsp3) is 0.389. The van der Waals surface area contributed by atoms with Gasteiger partial charge in [0.05, 0.1) is 20.3 Å². The van der Waals surface area contributed by atoms with Gasteiger partial charge in [0.2, 0.25) is 5.90 Å². The number of thiazole rings is 1. The van der Waals surface area contributed by atoms with Gasteiger partial charge in [-0.25, -0.2) is 14.8 Å². The number of esters is 1. The summed E-state index contributed by atoms with van der Waals surface area (Å²) < 4.78 is 9.61. The topological polar surface area (TPSA) is 105 Å². The number of pyridine rings is 1. The molecule has 142 valence electrons. The summed E-state index contributed by atoms with van der Waals surface area (Å²) in [4.78, 5) is 35.4. The highest BCUT2D eigenvalue weighted by Gasteiger charge is 2.33. The maximum atomic E-state index is 13.2. The van der Waals surface area contributed by atoms with E-state index in [4.69, 9.17) is 14.9 Å². The van der Waals surface area contributed by atoms with Crippen LogP contribution >= 0.6 is 11.3 Å². The Kier molecular flexibility index (Phi) is 5.50. The molecule has 3 heterocycles. The number of amides is 1. The van der Waals surface area contributed by atoms with E-state index in [0.29, 0.717) is 6.54 Å². The zero-order valence-electron chi connectivity index (χ0n) is 15.3. The first kappa shape index (κ1) is 19.0. The molecular formula is C18H20N4O4S. The van der Waals surface area contributed by atoms with Crippen LogP contribution in [-0.2, 0) is 9.47 Å². The van der Waals surface area contributed by atoms with Crippen molar-refractivity contribution in [1.29, 1.82) is 5.41 Å². The third kappa shape index (κ3) is 3.82. The molecule has 0 saturated carbocycles. The predicted octanol–water partition coefficient (Wildman–Crippen LogP) is 2.58. The molecule has 1 aliphatic rings. The minimum Gasteiger partial charge on any atom is -0.480 e. The van der Waals surface area contributed by atoms with Crippen molar-refractivity contribution in [3.8, 4) is 0 Å². The van der Waals surface area contributed by atoms with Crippen LogP contribution in [0.3, 0.4) is 0 Å². The van der Waals surface area contributed by atoms with Crippen molar-refractivity contribution in [2.24, 2.45) is 0 Å². The molecule has 3 rings (SSSR count). The minimum atomic E-state index is -0.677. The second kappa shape index (κ2) is 7.83. The molecule has 1 amide bonds. The monoisotopic (exact) mass is 388 g/mol. The molecule has 1 aliphatic heterocycles. The van der Waals surface area contributed by atoms with Gasteiger partial charge in [-0.15, -0.1) is 11.3 Å². The van der Waals surface area contributed by atoms with Crippen molar-refractivity contribution in [2.45, 2.75) is 25.8 Å². The number of carbonyl (C=O) groups is 2. The van der Waals surface area contributed by atoms with Gasteiger partial charge in [-0.1, -0.05) is 0 Å². The first-order valence-corrected chi connectivity index (χ1v) is 9.29. The van der Waals surface area contributed by atoms with Gasteiger partial charge in [-0.3, -0.25) is 10.2 Å². The van der Waals surface area contributed by atoms with E-state index in [0.717, 1.165) is 23.5 Å². The highest BCUT2D eigenvalue weighted by Crippen LogP contribution is 2.34.